The molecule has 0 aliphatic rings. The molecular weight excluding hydrogens is 361 g/mol. The van der Waals surface area contributed by atoms with E-state index in [1.807, 2.05) is 30.3 Å². The van der Waals surface area contributed by atoms with E-state index >= 15 is 0 Å². The fraction of sp³-hybridized carbons (Fsp3) is 0.222. The van der Waals surface area contributed by atoms with Crippen molar-refractivity contribution in [1.82, 2.24) is 14.9 Å². The molecule has 2 aromatic carbocycles. The van der Waals surface area contributed by atoms with E-state index in [1.54, 1.807) is 16.7 Å². The van der Waals surface area contributed by atoms with Crippen molar-refractivity contribution in [1.29, 1.82) is 0 Å². The van der Waals surface area contributed by atoms with Gasteiger partial charge in [-0.3, -0.25) is 9.36 Å². The van der Waals surface area contributed by atoms with Crippen LogP contribution in [0.1, 0.15) is 12.0 Å². The van der Waals surface area contributed by atoms with Crippen molar-refractivity contribution in [2.45, 2.75) is 19.4 Å². The van der Waals surface area contributed by atoms with E-state index in [0.717, 1.165) is 16.6 Å². The number of aryl methyl sites for hydroxylation is 1. The lowest BCUT2D eigenvalue weighted by molar-refractivity contribution is -0.121. The quantitative estimate of drug-likeness (QED) is 0.691. The lowest BCUT2D eigenvalue weighted by atomic mass is 10.1. The number of aromatic nitrogens is 2. The monoisotopic (exact) mass is 377 g/mol. The molecule has 1 amide bonds. The number of amides is 1. The summed E-state index contributed by atoms with van der Waals surface area (Å²) in [6.45, 7) is 0.809. The number of hydrogen-bond acceptors (Lipinski definition) is 2. The van der Waals surface area contributed by atoms with Crippen LogP contribution >= 0.6 is 23.2 Å². The summed E-state index contributed by atoms with van der Waals surface area (Å²) in [5, 5.41) is 3.82. The Morgan fingerprint density at radius 3 is 2.72 bits per heavy atom. The highest BCUT2D eigenvalue weighted by Gasteiger charge is 2.07. The van der Waals surface area contributed by atoms with E-state index in [2.05, 4.69) is 10.3 Å². The number of nitrogens with zero attached hydrogens (tertiary/aromatic N) is 1. The van der Waals surface area contributed by atoms with Crippen molar-refractivity contribution < 1.29 is 4.79 Å². The third-order valence-corrected chi connectivity index (χ3v) is 4.70. The number of fused-ring (bicyclic) bond motifs is 1. The SMILES string of the molecule is O=C(CCc1ccc(Cl)c(Cl)c1)NCCn1c(=O)[nH]c2ccccc21. The molecule has 5 nitrogen and oxygen atoms in total. The predicted octanol–water partition coefficient (Wildman–Crippen LogP) is 3.39. The van der Waals surface area contributed by atoms with Crippen LogP contribution in [0.2, 0.25) is 10.0 Å². The minimum absolute atomic E-state index is 0.0704. The first kappa shape index (κ1) is 17.6. The fourth-order valence-corrected chi connectivity index (χ4v) is 3.00. The molecule has 0 aliphatic heterocycles. The average molecular weight is 378 g/mol. The number of rotatable bonds is 6. The Morgan fingerprint density at radius 2 is 1.92 bits per heavy atom. The van der Waals surface area contributed by atoms with Crippen LogP contribution in [0.4, 0.5) is 0 Å². The molecule has 130 valence electrons. The maximum atomic E-state index is 12.0. The summed E-state index contributed by atoms with van der Waals surface area (Å²) < 4.78 is 1.62. The van der Waals surface area contributed by atoms with Gasteiger partial charge in [0, 0.05) is 19.5 Å². The molecule has 0 radical (unpaired) electrons. The molecule has 3 aromatic rings. The maximum Gasteiger partial charge on any atom is 0.326 e. The second-order valence-corrected chi connectivity index (χ2v) is 6.51. The number of imidazole rings is 1. The first-order chi connectivity index (χ1) is 12.0. The van der Waals surface area contributed by atoms with Crippen LogP contribution in [0.25, 0.3) is 11.0 Å². The maximum absolute atomic E-state index is 12.0. The van der Waals surface area contributed by atoms with E-state index in [-0.39, 0.29) is 11.6 Å². The molecule has 3 rings (SSSR count). The lowest BCUT2D eigenvalue weighted by Crippen LogP contribution is -2.30. The summed E-state index contributed by atoms with van der Waals surface area (Å²) in [5.74, 6) is -0.0704. The van der Waals surface area contributed by atoms with E-state index in [9.17, 15) is 9.59 Å². The van der Waals surface area contributed by atoms with E-state index in [1.165, 1.54) is 0 Å². The Kier molecular flexibility index (Phi) is 5.46. The molecule has 7 heteroatoms. The van der Waals surface area contributed by atoms with Gasteiger partial charge in [0.1, 0.15) is 0 Å². The van der Waals surface area contributed by atoms with Crippen molar-refractivity contribution >= 4 is 40.1 Å². The Morgan fingerprint density at radius 1 is 1.12 bits per heavy atom. The molecule has 1 aromatic heterocycles. The minimum Gasteiger partial charge on any atom is -0.354 e. The van der Waals surface area contributed by atoms with Crippen LogP contribution in [0.3, 0.4) is 0 Å². The summed E-state index contributed by atoms with van der Waals surface area (Å²) >= 11 is 11.8. The first-order valence-corrected chi connectivity index (χ1v) is 8.68. The standard InChI is InChI=1S/C18H17Cl2N3O2/c19-13-7-5-12(11-14(13)20)6-8-17(24)21-9-10-23-16-4-2-1-3-15(16)22-18(23)25/h1-5,7,11H,6,8-10H2,(H,21,24)(H,22,25). The van der Waals surface area contributed by atoms with Gasteiger partial charge in [0.15, 0.2) is 0 Å². The zero-order chi connectivity index (χ0) is 17.8. The predicted molar refractivity (Wildman–Crippen MR) is 100 cm³/mol. The van der Waals surface area contributed by atoms with Crippen molar-refractivity contribution in [2.75, 3.05) is 6.54 Å². The number of halogens is 2. The largest absolute Gasteiger partial charge is 0.354 e. The van der Waals surface area contributed by atoms with Gasteiger partial charge in [-0.15, -0.1) is 0 Å². The molecule has 1 heterocycles. The highest BCUT2D eigenvalue weighted by atomic mass is 35.5. The van der Waals surface area contributed by atoms with Crippen LogP contribution in [-0.2, 0) is 17.8 Å². The first-order valence-electron chi connectivity index (χ1n) is 7.93. The summed E-state index contributed by atoms with van der Waals surface area (Å²) in [4.78, 5) is 26.7. The smallest absolute Gasteiger partial charge is 0.326 e. The van der Waals surface area contributed by atoms with Gasteiger partial charge in [-0.05, 0) is 36.2 Å². The Labute approximate surface area is 154 Å². The second kappa shape index (κ2) is 7.76. The van der Waals surface area contributed by atoms with Crippen LogP contribution < -0.4 is 11.0 Å². The van der Waals surface area contributed by atoms with Crippen molar-refractivity contribution in [3.63, 3.8) is 0 Å². The number of aromatic amines is 1. The number of para-hydroxylation sites is 2. The topological polar surface area (TPSA) is 66.9 Å². The number of hydrogen-bond donors (Lipinski definition) is 2. The van der Waals surface area contributed by atoms with E-state index in [4.69, 9.17) is 23.2 Å². The van der Waals surface area contributed by atoms with Crippen molar-refractivity contribution in [3.05, 3.63) is 68.6 Å². The normalized spacial score (nSPS) is 11.0. The molecule has 25 heavy (non-hydrogen) atoms. The van der Waals surface area contributed by atoms with Crippen LogP contribution in [0.15, 0.2) is 47.3 Å². The number of H-pyrrole nitrogens is 1. The molecule has 0 bridgehead atoms. The van der Waals surface area contributed by atoms with Gasteiger partial charge < -0.3 is 10.3 Å². The summed E-state index contributed by atoms with van der Waals surface area (Å²) in [6.07, 6.45) is 0.927. The Bertz CT molecular complexity index is 962. The molecular formula is C18H17Cl2N3O2. The summed E-state index contributed by atoms with van der Waals surface area (Å²) in [6, 6.07) is 12.8. The number of carbonyl (C=O) groups is 1. The molecule has 0 atom stereocenters. The van der Waals surface area contributed by atoms with Gasteiger partial charge in [0.2, 0.25) is 5.91 Å². The highest BCUT2D eigenvalue weighted by Crippen LogP contribution is 2.23. The highest BCUT2D eigenvalue weighted by molar-refractivity contribution is 6.42. The van der Waals surface area contributed by atoms with Gasteiger partial charge in [0.25, 0.3) is 0 Å². The number of nitrogens with one attached hydrogen (secondary N) is 2. The second-order valence-electron chi connectivity index (χ2n) is 5.70. The summed E-state index contributed by atoms with van der Waals surface area (Å²) in [5.41, 5.74) is 2.40. The zero-order valence-electron chi connectivity index (χ0n) is 13.4. The average Bonchev–Trinajstić information content (AvgIpc) is 2.92. The molecule has 0 saturated carbocycles. The van der Waals surface area contributed by atoms with E-state index in [0.29, 0.717) is 36.0 Å². The number of benzene rings is 2. The number of carbonyl (C=O) groups excluding carboxylic acids is 1. The van der Waals surface area contributed by atoms with Crippen molar-refractivity contribution in [2.24, 2.45) is 0 Å². The van der Waals surface area contributed by atoms with Gasteiger partial charge in [-0.25, -0.2) is 4.79 Å². The molecule has 0 spiro atoms. The zero-order valence-corrected chi connectivity index (χ0v) is 14.9. The lowest BCUT2D eigenvalue weighted by Gasteiger charge is -2.07. The van der Waals surface area contributed by atoms with Crippen LogP contribution in [-0.4, -0.2) is 22.0 Å². The molecule has 0 saturated heterocycles. The molecule has 0 aliphatic carbocycles. The van der Waals surface area contributed by atoms with Gasteiger partial charge in [-0.1, -0.05) is 41.4 Å². The molecule has 0 fully saturated rings. The Hall–Kier alpha value is -2.24. The Balaban J connectivity index is 1.51. The molecule has 0 unspecified atom stereocenters. The van der Waals surface area contributed by atoms with Crippen LogP contribution in [0.5, 0.6) is 0 Å². The van der Waals surface area contributed by atoms with Crippen LogP contribution in [0, 0.1) is 0 Å². The minimum atomic E-state index is -0.175. The summed E-state index contributed by atoms with van der Waals surface area (Å²) in [7, 11) is 0. The third kappa shape index (κ3) is 4.24. The van der Waals surface area contributed by atoms with Gasteiger partial charge >= 0.3 is 5.69 Å². The van der Waals surface area contributed by atoms with Gasteiger partial charge in [-0.2, -0.15) is 0 Å². The molecule has 2 N–H and O–H groups in total. The third-order valence-electron chi connectivity index (χ3n) is 3.96. The van der Waals surface area contributed by atoms with Gasteiger partial charge in [0.05, 0.1) is 21.1 Å². The van der Waals surface area contributed by atoms with E-state index < -0.39 is 0 Å². The fourth-order valence-electron chi connectivity index (χ4n) is 2.68. The van der Waals surface area contributed by atoms with Crippen molar-refractivity contribution in [3.8, 4) is 0 Å².